The van der Waals surface area contributed by atoms with Crippen molar-refractivity contribution in [1.29, 1.82) is 0 Å². The lowest BCUT2D eigenvalue weighted by Crippen LogP contribution is -2.66. The molecule has 1 aromatic rings. The molecule has 1 unspecified atom stereocenters. The molecule has 2 rings (SSSR count). The molecule has 1 aliphatic rings. The molecular weight excluding hydrogens is 308 g/mol. The number of nitrogens with zero attached hydrogens (tertiary/aromatic N) is 2. The van der Waals surface area contributed by atoms with Crippen LogP contribution in [-0.4, -0.2) is 47.7 Å². The van der Waals surface area contributed by atoms with Gasteiger partial charge in [-0.25, -0.2) is 0 Å². The number of carbonyl (C=O) groups excluding carboxylic acids is 1. The second-order valence-electron chi connectivity index (χ2n) is 5.53. The zero-order valence-corrected chi connectivity index (χ0v) is 13.0. The first kappa shape index (κ1) is 14.5. The minimum Gasteiger partial charge on any atom is -0.394 e. The Morgan fingerprint density at radius 3 is 2.74 bits per heavy atom. The summed E-state index contributed by atoms with van der Waals surface area (Å²) in [5.74, 6) is -0.0533. The fourth-order valence-electron chi connectivity index (χ4n) is 2.41. The van der Waals surface area contributed by atoms with Gasteiger partial charge in [-0.05, 0) is 39.1 Å². The van der Waals surface area contributed by atoms with Gasteiger partial charge in [0.15, 0.2) is 0 Å². The van der Waals surface area contributed by atoms with Crippen LogP contribution in [-0.2, 0) is 4.79 Å². The molecule has 0 bridgehead atoms. The number of likely N-dealkylation sites (N-methyl/N-ethyl adjacent to an activating group) is 1. The lowest BCUT2D eigenvalue weighted by molar-refractivity contribution is -0.131. The zero-order chi connectivity index (χ0) is 14.2. The summed E-state index contributed by atoms with van der Waals surface area (Å²) in [6, 6.07) is 7.19. The number of aliphatic hydroxyl groups is 1. The fourth-order valence-corrected chi connectivity index (χ4v) is 2.79. The van der Waals surface area contributed by atoms with Crippen LogP contribution in [0.2, 0.25) is 0 Å². The number of halogens is 1. The van der Waals surface area contributed by atoms with E-state index < -0.39 is 6.04 Å². The van der Waals surface area contributed by atoms with Gasteiger partial charge in [-0.3, -0.25) is 9.69 Å². The number of hydrogen-bond donors (Lipinski definition) is 1. The Morgan fingerprint density at radius 1 is 1.47 bits per heavy atom. The van der Waals surface area contributed by atoms with E-state index in [0.29, 0.717) is 6.54 Å². The van der Waals surface area contributed by atoms with E-state index in [1.807, 2.05) is 36.2 Å². The number of aliphatic hydroxyl groups excluding tert-OH is 1. The Balaban J connectivity index is 2.38. The predicted octanol–water partition coefficient (Wildman–Crippen LogP) is 1.87. The summed E-state index contributed by atoms with van der Waals surface area (Å²) in [6.45, 7) is 4.60. The number of piperazine rings is 1. The molecule has 5 heteroatoms. The maximum absolute atomic E-state index is 12.5. The third kappa shape index (κ3) is 2.68. The van der Waals surface area contributed by atoms with Crippen LogP contribution < -0.4 is 4.90 Å². The molecule has 1 aromatic carbocycles. The van der Waals surface area contributed by atoms with Gasteiger partial charge in [-0.15, -0.1) is 0 Å². The number of rotatable bonds is 2. The van der Waals surface area contributed by atoms with Crippen molar-refractivity contribution in [3.8, 4) is 0 Å². The van der Waals surface area contributed by atoms with Gasteiger partial charge in [0.2, 0.25) is 5.91 Å². The summed E-state index contributed by atoms with van der Waals surface area (Å²) in [4.78, 5) is 16.2. The van der Waals surface area contributed by atoms with Crippen LogP contribution in [0.15, 0.2) is 28.7 Å². The average molecular weight is 327 g/mol. The Hall–Kier alpha value is -0.910. The van der Waals surface area contributed by atoms with Crippen molar-refractivity contribution in [2.75, 3.05) is 25.1 Å². The normalized spacial score (nSPS) is 23.7. The lowest BCUT2D eigenvalue weighted by Gasteiger charge is -2.48. The van der Waals surface area contributed by atoms with Crippen LogP contribution in [0.3, 0.4) is 0 Å². The van der Waals surface area contributed by atoms with Gasteiger partial charge < -0.3 is 10.0 Å². The molecule has 19 heavy (non-hydrogen) atoms. The first-order chi connectivity index (χ1) is 8.86. The number of hydrogen-bond acceptors (Lipinski definition) is 3. The van der Waals surface area contributed by atoms with Gasteiger partial charge in [0.25, 0.3) is 0 Å². The van der Waals surface area contributed by atoms with Crippen LogP contribution in [0, 0.1) is 0 Å². The maximum atomic E-state index is 12.5. The van der Waals surface area contributed by atoms with E-state index in [1.165, 1.54) is 0 Å². The van der Waals surface area contributed by atoms with Gasteiger partial charge >= 0.3 is 0 Å². The molecular formula is C14H19BrN2O2. The molecule has 1 saturated heterocycles. The molecule has 1 atom stereocenters. The van der Waals surface area contributed by atoms with Crippen molar-refractivity contribution in [2.45, 2.75) is 25.4 Å². The standard InChI is InChI=1S/C14H19BrN2O2/c1-14(2)9-17(11-6-4-5-10(15)7-11)13(19)12(8-18)16(14)3/h4-7,12,18H,8-9H2,1-3H3. The minimum atomic E-state index is -0.484. The van der Waals surface area contributed by atoms with Crippen molar-refractivity contribution >= 4 is 27.5 Å². The van der Waals surface area contributed by atoms with Gasteiger partial charge in [-0.2, -0.15) is 0 Å². The lowest BCUT2D eigenvalue weighted by atomic mass is 9.95. The summed E-state index contributed by atoms with van der Waals surface area (Å²) >= 11 is 3.42. The maximum Gasteiger partial charge on any atom is 0.246 e. The quantitative estimate of drug-likeness (QED) is 0.902. The zero-order valence-electron chi connectivity index (χ0n) is 11.4. The van der Waals surface area contributed by atoms with Crippen LogP contribution in [0.5, 0.6) is 0 Å². The molecule has 1 fully saturated rings. The minimum absolute atomic E-state index is 0.0533. The summed E-state index contributed by atoms with van der Waals surface area (Å²) in [5, 5.41) is 9.48. The summed E-state index contributed by atoms with van der Waals surface area (Å²) in [5.41, 5.74) is 0.683. The third-order valence-corrected chi connectivity index (χ3v) is 4.30. The van der Waals surface area contributed by atoms with E-state index in [4.69, 9.17) is 0 Å². The Kier molecular flexibility index (Phi) is 3.99. The molecule has 0 saturated carbocycles. The third-order valence-electron chi connectivity index (χ3n) is 3.81. The van der Waals surface area contributed by atoms with Crippen molar-refractivity contribution in [3.05, 3.63) is 28.7 Å². The molecule has 1 amide bonds. The first-order valence-electron chi connectivity index (χ1n) is 6.27. The monoisotopic (exact) mass is 326 g/mol. The molecule has 1 aliphatic heterocycles. The van der Waals surface area contributed by atoms with Gasteiger partial charge in [0.05, 0.1) is 6.61 Å². The number of anilines is 1. The highest BCUT2D eigenvalue weighted by Gasteiger charge is 2.43. The fraction of sp³-hybridized carbons (Fsp3) is 0.500. The second kappa shape index (κ2) is 5.23. The SMILES string of the molecule is CN1C(CO)C(=O)N(c2cccc(Br)c2)CC1(C)C. The largest absolute Gasteiger partial charge is 0.394 e. The Bertz CT molecular complexity index is 490. The highest BCUT2D eigenvalue weighted by atomic mass is 79.9. The molecule has 0 aromatic heterocycles. The average Bonchev–Trinajstić information content (AvgIpc) is 2.35. The molecule has 0 spiro atoms. The van der Waals surface area contributed by atoms with E-state index in [2.05, 4.69) is 29.8 Å². The molecule has 0 radical (unpaired) electrons. The molecule has 104 valence electrons. The van der Waals surface area contributed by atoms with E-state index in [0.717, 1.165) is 10.2 Å². The summed E-state index contributed by atoms with van der Waals surface area (Å²) in [7, 11) is 1.89. The molecule has 0 aliphatic carbocycles. The molecule has 1 heterocycles. The van der Waals surface area contributed by atoms with Crippen molar-refractivity contribution in [1.82, 2.24) is 4.90 Å². The van der Waals surface area contributed by atoms with E-state index in [1.54, 1.807) is 4.90 Å². The topological polar surface area (TPSA) is 43.8 Å². The van der Waals surface area contributed by atoms with E-state index >= 15 is 0 Å². The van der Waals surface area contributed by atoms with Crippen LogP contribution in [0.4, 0.5) is 5.69 Å². The molecule has 4 nitrogen and oxygen atoms in total. The van der Waals surface area contributed by atoms with Gasteiger partial charge in [-0.1, -0.05) is 22.0 Å². The van der Waals surface area contributed by atoms with Gasteiger partial charge in [0, 0.05) is 22.2 Å². The van der Waals surface area contributed by atoms with Crippen molar-refractivity contribution < 1.29 is 9.90 Å². The molecule has 1 N–H and O–H groups in total. The van der Waals surface area contributed by atoms with E-state index in [9.17, 15) is 9.90 Å². The highest BCUT2D eigenvalue weighted by molar-refractivity contribution is 9.10. The van der Waals surface area contributed by atoms with Crippen LogP contribution >= 0.6 is 15.9 Å². The first-order valence-corrected chi connectivity index (χ1v) is 7.07. The van der Waals surface area contributed by atoms with Crippen LogP contribution in [0.1, 0.15) is 13.8 Å². The Labute approximate surface area is 122 Å². The number of carbonyl (C=O) groups is 1. The summed E-state index contributed by atoms with van der Waals surface area (Å²) in [6.07, 6.45) is 0. The smallest absolute Gasteiger partial charge is 0.246 e. The number of benzene rings is 1. The predicted molar refractivity (Wildman–Crippen MR) is 79.2 cm³/mol. The number of amides is 1. The van der Waals surface area contributed by atoms with E-state index in [-0.39, 0.29) is 18.1 Å². The second-order valence-corrected chi connectivity index (χ2v) is 6.44. The van der Waals surface area contributed by atoms with Crippen molar-refractivity contribution in [3.63, 3.8) is 0 Å². The van der Waals surface area contributed by atoms with Crippen LogP contribution in [0.25, 0.3) is 0 Å². The van der Waals surface area contributed by atoms with Crippen molar-refractivity contribution in [2.24, 2.45) is 0 Å². The van der Waals surface area contributed by atoms with Gasteiger partial charge in [0.1, 0.15) is 6.04 Å². The summed E-state index contributed by atoms with van der Waals surface area (Å²) < 4.78 is 0.940. The Morgan fingerprint density at radius 2 is 2.16 bits per heavy atom. The highest BCUT2D eigenvalue weighted by Crippen LogP contribution is 2.29.